The molecule has 1 heterocycles. The van der Waals surface area contributed by atoms with Crippen LogP contribution in [-0.2, 0) is 23.0 Å². The summed E-state index contributed by atoms with van der Waals surface area (Å²) in [5.74, 6) is 0.468. The van der Waals surface area contributed by atoms with Gasteiger partial charge in [-0.15, -0.1) is 11.6 Å². The molecule has 0 radical (unpaired) electrons. The van der Waals surface area contributed by atoms with Crippen LogP contribution in [0.25, 0.3) is 11.3 Å². The van der Waals surface area contributed by atoms with Crippen LogP contribution in [0, 0.1) is 0 Å². The molecule has 0 spiro atoms. The zero-order chi connectivity index (χ0) is 19.4. The number of aromatic nitrogens is 2. The molecule has 0 saturated carbocycles. The molecule has 3 rings (SSSR count). The van der Waals surface area contributed by atoms with E-state index < -0.39 is 22.7 Å². The fourth-order valence-corrected chi connectivity index (χ4v) is 3.58. The number of rotatable bonds is 5. The Hall–Kier alpha value is -2.45. The number of alkyl halides is 4. The molecule has 27 heavy (non-hydrogen) atoms. The number of hydrogen-bond donors (Lipinski definition) is 1. The lowest BCUT2D eigenvalue weighted by molar-refractivity contribution is -0.139. The van der Waals surface area contributed by atoms with Gasteiger partial charge in [-0.3, -0.25) is 9.71 Å². The highest BCUT2D eigenvalue weighted by molar-refractivity contribution is 7.86. The fourth-order valence-electron chi connectivity index (χ4n) is 2.38. The lowest BCUT2D eigenvalue weighted by Gasteiger charge is -2.14. The average Bonchev–Trinajstić information content (AvgIpc) is 2.68. The van der Waals surface area contributed by atoms with Gasteiger partial charge in [0.1, 0.15) is 5.69 Å². The summed E-state index contributed by atoms with van der Waals surface area (Å²) in [6, 6.07) is 11.8. The van der Waals surface area contributed by atoms with E-state index in [0.29, 0.717) is 17.1 Å². The van der Waals surface area contributed by atoms with Crippen molar-refractivity contribution in [1.82, 2.24) is 9.97 Å². The molecule has 3 aromatic rings. The lowest BCUT2D eigenvalue weighted by Crippen LogP contribution is -2.15. The number of nitrogens with zero attached hydrogens (tertiary/aromatic N) is 2. The monoisotopic (exact) mass is 411 g/mol. The largest absolute Gasteiger partial charge is 0.417 e. The summed E-state index contributed by atoms with van der Waals surface area (Å²) in [5.41, 5.74) is 0.978. The van der Waals surface area contributed by atoms with Gasteiger partial charge in [-0.2, -0.15) is 13.2 Å². The first-order valence-corrected chi connectivity index (χ1v) is 9.39. The predicted molar refractivity (Wildman–Crippen MR) is 98.5 cm³/mol. The minimum atomic E-state index is -4.61. The summed E-state index contributed by atoms with van der Waals surface area (Å²) in [4.78, 5) is 7.91. The minimum absolute atomic E-state index is 0.117. The molecule has 4 nitrogen and oxygen atoms in total. The lowest BCUT2D eigenvalue weighted by atomic mass is 10.1. The van der Waals surface area contributed by atoms with Crippen molar-refractivity contribution in [2.24, 2.45) is 0 Å². The Bertz CT molecular complexity index is 965. The number of anilines is 1. The van der Waals surface area contributed by atoms with Gasteiger partial charge in [-0.25, -0.2) is 9.19 Å². The third-order valence-corrected chi connectivity index (χ3v) is 5.10. The van der Waals surface area contributed by atoms with Gasteiger partial charge in [-0.05, 0) is 17.7 Å². The maximum absolute atomic E-state index is 13.2. The SMILES string of the molecule is O=S(Nc1nccnc1-c1ccc(CCl)cc1)c1ccccc1C(F)(F)F. The van der Waals surface area contributed by atoms with Crippen molar-refractivity contribution >= 4 is 28.4 Å². The molecular weight excluding hydrogens is 399 g/mol. The van der Waals surface area contributed by atoms with Crippen LogP contribution < -0.4 is 4.72 Å². The van der Waals surface area contributed by atoms with Crippen LogP contribution in [0.2, 0.25) is 0 Å². The molecule has 1 atom stereocenters. The predicted octanol–water partition coefficient (Wildman–Crippen LogP) is 5.04. The molecule has 0 aliphatic heterocycles. The molecule has 1 unspecified atom stereocenters. The van der Waals surface area contributed by atoms with Crippen molar-refractivity contribution in [3.05, 3.63) is 72.1 Å². The van der Waals surface area contributed by atoms with E-state index in [0.717, 1.165) is 17.7 Å². The standard InChI is InChI=1S/C18H13ClF3N3OS/c19-11-12-5-7-13(8-6-12)16-17(24-10-9-23-16)25-27(26)15-4-2-1-3-14(15)18(20,21)22/h1-10H,11H2,(H,24,25). The van der Waals surface area contributed by atoms with Crippen LogP contribution in [0.1, 0.15) is 11.1 Å². The van der Waals surface area contributed by atoms with E-state index in [-0.39, 0.29) is 10.7 Å². The Morgan fingerprint density at radius 3 is 2.33 bits per heavy atom. The second-order valence-electron chi connectivity index (χ2n) is 5.45. The van der Waals surface area contributed by atoms with E-state index in [4.69, 9.17) is 11.6 Å². The van der Waals surface area contributed by atoms with Gasteiger partial charge >= 0.3 is 6.18 Å². The van der Waals surface area contributed by atoms with E-state index in [1.54, 1.807) is 24.3 Å². The van der Waals surface area contributed by atoms with Crippen LogP contribution in [0.5, 0.6) is 0 Å². The summed E-state index contributed by atoms with van der Waals surface area (Å²) in [6.07, 6.45) is -1.80. The van der Waals surface area contributed by atoms with E-state index in [2.05, 4.69) is 14.7 Å². The van der Waals surface area contributed by atoms with Gasteiger partial charge in [0.15, 0.2) is 16.8 Å². The zero-order valence-corrected chi connectivity index (χ0v) is 15.3. The first-order chi connectivity index (χ1) is 12.9. The molecule has 1 aromatic heterocycles. The third-order valence-electron chi connectivity index (χ3n) is 3.66. The molecule has 0 aliphatic rings. The number of halogens is 4. The summed E-state index contributed by atoms with van der Waals surface area (Å²) in [7, 11) is -2.18. The van der Waals surface area contributed by atoms with Crippen molar-refractivity contribution in [3.8, 4) is 11.3 Å². The van der Waals surface area contributed by atoms with Gasteiger partial charge < -0.3 is 0 Å². The molecular formula is C18H13ClF3N3OS. The highest BCUT2D eigenvalue weighted by Crippen LogP contribution is 2.34. The van der Waals surface area contributed by atoms with Crippen LogP contribution >= 0.6 is 11.6 Å². The van der Waals surface area contributed by atoms with Gasteiger partial charge in [-0.1, -0.05) is 36.4 Å². The van der Waals surface area contributed by atoms with Gasteiger partial charge in [0.05, 0.1) is 10.5 Å². The normalized spacial score (nSPS) is 12.6. The number of hydrogen-bond acceptors (Lipinski definition) is 3. The van der Waals surface area contributed by atoms with E-state index in [9.17, 15) is 17.4 Å². The van der Waals surface area contributed by atoms with Gasteiger partial charge in [0.25, 0.3) is 0 Å². The average molecular weight is 412 g/mol. The molecule has 0 saturated heterocycles. The summed E-state index contributed by atoms with van der Waals surface area (Å²) in [5, 5.41) is 0. The summed E-state index contributed by atoms with van der Waals surface area (Å²) >= 11 is 5.77. The Morgan fingerprint density at radius 1 is 1.00 bits per heavy atom. The molecule has 0 bridgehead atoms. The summed E-state index contributed by atoms with van der Waals surface area (Å²) in [6.45, 7) is 0. The molecule has 0 aliphatic carbocycles. The third kappa shape index (κ3) is 4.45. The van der Waals surface area contributed by atoms with Crippen LogP contribution in [-0.4, -0.2) is 14.2 Å². The van der Waals surface area contributed by atoms with Crippen molar-refractivity contribution in [2.45, 2.75) is 17.0 Å². The maximum atomic E-state index is 13.2. The Balaban J connectivity index is 1.94. The molecule has 1 N–H and O–H groups in total. The van der Waals surface area contributed by atoms with E-state index >= 15 is 0 Å². The maximum Gasteiger partial charge on any atom is 0.417 e. The topological polar surface area (TPSA) is 54.9 Å². The van der Waals surface area contributed by atoms with Crippen molar-refractivity contribution in [3.63, 3.8) is 0 Å². The highest BCUT2D eigenvalue weighted by atomic mass is 35.5. The number of nitrogens with one attached hydrogen (secondary N) is 1. The summed E-state index contributed by atoms with van der Waals surface area (Å²) < 4.78 is 54.6. The Morgan fingerprint density at radius 2 is 1.67 bits per heavy atom. The van der Waals surface area contributed by atoms with Crippen molar-refractivity contribution < 1.29 is 17.4 Å². The van der Waals surface area contributed by atoms with Crippen LogP contribution in [0.15, 0.2) is 65.8 Å². The second-order valence-corrected chi connectivity index (χ2v) is 6.90. The second kappa shape index (κ2) is 8.06. The van der Waals surface area contributed by atoms with Gasteiger partial charge in [0.2, 0.25) is 0 Å². The first kappa shape index (κ1) is 19.3. The van der Waals surface area contributed by atoms with E-state index in [1.165, 1.54) is 24.5 Å². The smallest absolute Gasteiger partial charge is 0.283 e. The molecule has 9 heteroatoms. The number of benzene rings is 2. The Labute approximate surface area is 161 Å². The van der Waals surface area contributed by atoms with Crippen molar-refractivity contribution in [2.75, 3.05) is 4.72 Å². The Kier molecular flexibility index (Phi) is 5.76. The zero-order valence-electron chi connectivity index (χ0n) is 13.7. The van der Waals surface area contributed by atoms with Crippen LogP contribution in [0.3, 0.4) is 0 Å². The van der Waals surface area contributed by atoms with Gasteiger partial charge in [0, 0.05) is 23.8 Å². The fraction of sp³-hybridized carbons (Fsp3) is 0.111. The highest BCUT2D eigenvalue weighted by Gasteiger charge is 2.34. The molecule has 2 aromatic carbocycles. The molecule has 140 valence electrons. The quantitative estimate of drug-likeness (QED) is 0.599. The molecule has 0 amide bonds. The van der Waals surface area contributed by atoms with Crippen LogP contribution in [0.4, 0.5) is 19.0 Å². The first-order valence-electron chi connectivity index (χ1n) is 7.71. The van der Waals surface area contributed by atoms with E-state index in [1.807, 2.05) is 0 Å². The molecule has 0 fully saturated rings. The van der Waals surface area contributed by atoms with Crippen molar-refractivity contribution in [1.29, 1.82) is 0 Å². The minimum Gasteiger partial charge on any atom is -0.283 e.